The zero-order chi connectivity index (χ0) is 20.5. The summed E-state index contributed by atoms with van der Waals surface area (Å²) in [7, 11) is 1.42. The number of hydrogen-bond acceptors (Lipinski definition) is 5. The monoisotopic (exact) mass is 410 g/mol. The Kier molecular flexibility index (Phi) is 5.12. The lowest BCUT2D eigenvalue weighted by atomic mass is 10.2. The normalized spacial score (nSPS) is 12.3. The van der Waals surface area contributed by atoms with Gasteiger partial charge in [0.05, 0.1) is 18.8 Å². The molecule has 148 valence electrons. The van der Waals surface area contributed by atoms with E-state index in [2.05, 4.69) is 5.10 Å². The largest absolute Gasteiger partial charge is 0.494 e. The van der Waals surface area contributed by atoms with Gasteiger partial charge in [-0.15, -0.1) is 0 Å². The molecule has 0 radical (unpaired) electrons. The molecule has 0 saturated carbocycles. The van der Waals surface area contributed by atoms with Crippen LogP contribution in [-0.4, -0.2) is 21.3 Å². The molecule has 0 bridgehead atoms. The van der Waals surface area contributed by atoms with Crippen LogP contribution in [0, 0.1) is 5.82 Å². The van der Waals surface area contributed by atoms with Crippen LogP contribution in [0.15, 0.2) is 75.4 Å². The molecule has 2 N–H and O–H groups in total. The highest BCUT2D eigenvalue weighted by molar-refractivity contribution is 7.99. The quantitative estimate of drug-likeness (QED) is 0.542. The van der Waals surface area contributed by atoms with Gasteiger partial charge in [0, 0.05) is 16.0 Å². The molecule has 2 aromatic heterocycles. The third-order valence-electron chi connectivity index (χ3n) is 4.45. The van der Waals surface area contributed by atoms with Crippen LogP contribution in [0.5, 0.6) is 5.75 Å². The van der Waals surface area contributed by atoms with Crippen LogP contribution in [0.1, 0.15) is 18.8 Å². The first-order valence-electron chi connectivity index (χ1n) is 8.96. The zero-order valence-electron chi connectivity index (χ0n) is 15.9. The van der Waals surface area contributed by atoms with Gasteiger partial charge in [-0.3, -0.25) is 9.36 Å². The van der Waals surface area contributed by atoms with Gasteiger partial charge in [-0.2, -0.15) is 5.10 Å². The number of fused-ring (bicyclic) bond motifs is 1. The van der Waals surface area contributed by atoms with E-state index < -0.39 is 11.9 Å². The van der Waals surface area contributed by atoms with Gasteiger partial charge in [0.1, 0.15) is 5.52 Å². The Balaban J connectivity index is 1.88. The fourth-order valence-corrected chi connectivity index (χ4v) is 4.06. The molecule has 29 heavy (non-hydrogen) atoms. The van der Waals surface area contributed by atoms with Crippen molar-refractivity contribution in [1.29, 1.82) is 0 Å². The van der Waals surface area contributed by atoms with Crippen LogP contribution < -0.4 is 16.0 Å². The summed E-state index contributed by atoms with van der Waals surface area (Å²) in [6, 6.07) is 15.3. The maximum Gasteiger partial charge on any atom is 0.283 e. The maximum atomic E-state index is 14.1. The SMILES string of the molecule is COc1ccc(Sc2ccn3nc([C@H](C)N)n(-c4ccccc4)c(=O)c23)cc1F. The molecule has 0 saturated heterocycles. The van der Waals surface area contributed by atoms with E-state index in [9.17, 15) is 9.18 Å². The van der Waals surface area contributed by atoms with Gasteiger partial charge in [0.2, 0.25) is 0 Å². The molecule has 0 aliphatic heterocycles. The highest BCUT2D eigenvalue weighted by atomic mass is 32.2. The highest BCUT2D eigenvalue weighted by Crippen LogP contribution is 2.33. The van der Waals surface area contributed by atoms with Crippen LogP contribution in [0.25, 0.3) is 11.2 Å². The van der Waals surface area contributed by atoms with Crippen molar-refractivity contribution in [2.45, 2.75) is 22.8 Å². The first-order chi connectivity index (χ1) is 14.0. The fourth-order valence-electron chi connectivity index (χ4n) is 3.10. The molecule has 4 rings (SSSR count). The van der Waals surface area contributed by atoms with Gasteiger partial charge >= 0.3 is 0 Å². The van der Waals surface area contributed by atoms with E-state index in [1.54, 1.807) is 31.3 Å². The minimum Gasteiger partial charge on any atom is -0.494 e. The van der Waals surface area contributed by atoms with Crippen LogP contribution in [0.4, 0.5) is 4.39 Å². The number of aromatic nitrogens is 3. The molecule has 0 aliphatic rings. The number of rotatable bonds is 5. The Morgan fingerprint density at radius 1 is 1.17 bits per heavy atom. The molecular formula is C21H19FN4O2S. The molecule has 8 heteroatoms. The second kappa shape index (κ2) is 7.73. The minimum atomic E-state index is -0.458. The van der Waals surface area contributed by atoms with Gasteiger partial charge in [-0.1, -0.05) is 30.0 Å². The van der Waals surface area contributed by atoms with Crippen LogP contribution in [-0.2, 0) is 0 Å². The molecule has 0 unspecified atom stereocenters. The molecule has 0 amide bonds. The maximum absolute atomic E-state index is 14.1. The van der Waals surface area contributed by atoms with E-state index in [0.717, 1.165) is 0 Å². The third kappa shape index (κ3) is 3.52. The Morgan fingerprint density at radius 2 is 1.93 bits per heavy atom. The van der Waals surface area contributed by atoms with Gasteiger partial charge in [-0.05, 0) is 43.3 Å². The van der Waals surface area contributed by atoms with Crippen LogP contribution in [0.2, 0.25) is 0 Å². The third-order valence-corrected chi connectivity index (χ3v) is 5.49. The molecule has 2 heterocycles. The molecule has 2 aromatic carbocycles. The summed E-state index contributed by atoms with van der Waals surface area (Å²) in [4.78, 5) is 14.8. The van der Waals surface area contributed by atoms with E-state index in [1.165, 1.54) is 34.0 Å². The Labute approximate surface area is 170 Å². The highest BCUT2D eigenvalue weighted by Gasteiger charge is 2.19. The zero-order valence-corrected chi connectivity index (χ0v) is 16.7. The van der Waals surface area contributed by atoms with Crippen molar-refractivity contribution in [3.05, 3.63) is 82.8 Å². The number of nitrogens with two attached hydrogens (primary N) is 1. The minimum absolute atomic E-state index is 0.172. The predicted octanol–water partition coefficient (Wildman–Crippen LogP) is 3.80. The lowest BCUT2D eigenvalue weighted by Gasteiger charge is -2.15. The number of halogens is 1. The smallest absolute Gasteiger partial charge is 0.283 e. The lowest BCUT2D eigenvalue weighted by molar-refractivity contribution is 0.385. The van der Waals surface area contributed by atoms with E-state index in [0.29, 0.717) is 26.8 Å². The molecule has 0 aliphatic carbocycles. The van der Waals surface area contributed by atoms with Crippen molar-refractivity contribution in [2.24, 2.45) is 5.73 Å². The fraction of sp³-hybridized carbons (Fsp3) is 0.143. The van der Waals surface area contributed by atoms with Crippen molar-refractivity contribution in [3.63, 3.8) is 0 Å². The number of ether oxygens (including phenoxy) is 1. The molecule has 0 spiro atoms. The Hall–Kier alpha value is -3.10. The van der Waals surface area contributed by atoms with E-state index in [4.69, 9.17) is 10.5 Å². The van der Waals surface area contributed by atoms with Gasteiger partial charge in [0.25, 0.3) is 5.56 Å². The summed E-state index contributed by atoms with van der Waals surface area (Å²) < 4.78 is 22.1. The Bertz CT molecular complexity index is 1230. The first kappa shape index (κ1) is 19.2. The summed E-state index contributed by atoms with van der Waals surface area (Å²) in [6.07, 6.45) is 1.71. The standard InChI is InChI=1S/C21H19FN4O2S/c1-13(23)20-24-25-11-10-18(29-15-8-9-17(28-2)16(22)12-15)19(25)21(27)26(20)14-6-4-3-5-7-14/h3-13H,23H2,1-2H3/t13-/m0/s1. The number of para-hydroxylation sites is 1. The van der Waals surface area contributed by atoms with Crippen molar-refractivity contribution in [3.8, 4) is 11.4 Å². The van der Waals surface area contributed by atoms with E-state index in [1.807, 2.05) is 30.3 Å². The first-order valence-corrected chi connectivity index (χ1v) is 9.78. The summed E-state index contributed by atoms with van der Waals surface area (Å²) in [5.41, 5.74) is 6.95. The lowest BCUT2D eigenvalue weighted by Crippen LogP contribution is -2.29. The van der Waals surface area contributed by atoms with Gasteiger partial charge in [0.15, 0.2) is 17.4 Å². The molecule has 6 nitrogen and oxygen atoms in total. The van der Waals surface area contributed by atoms with E-state index >= 15 is 0 Å². The van der Waals surface area contributed by atoms with Crippen LogP contribution in [0.3, 0.4) is 0 Å². The number of benzene rings is 2. The number of methoxy groups -OCH3 is 1. The topological polar surface area (TPSA) is 74.5 Å². The Morgan fingerprint density at radius 3 is 2.59 bits per heavy atom. The molecule has 0 fully saturated rings. The summed E-state index contributed by atoms with van der Waals surface area (Å²) in [5, 5.41) is 4.57. The molecular weight excluding hydrogens is 391 g/mol. The average molecular weight is 410 g/mol. The second-order valence-corrected chi connectivity index (χ2v) is 7.61. The van der Waals surface area contributed by atoms with Crippen molar-refractivity contribution in [1.82, 2.24) is 14.2 Å². The van der Waals surface area contributed by atoms with Gasteiger partial charge in [-0.25, -0.2) is 8.91 Å². The van der Waals surface area contributed by atoms with E-state index in [-0.39, 0.29) is 11.3 Å². The van der Waals surface area contributed by atoms with Crippen molar-refractivity contribution in [2.75, 3.05) is 7.11 Å². The van der Waals surface area contributed by atoms with Crippen molar-refractivity contribution >= 4 is 17.3 Å². The predicted molar refractivity (Wildman–Crippen MR) is 110 cm³/mol. The molecule has 1 atom stereocenters. The summed E-state index contributed by atoms with van der Waals surface area (Å²) >= 11 is 1.29. The number of hydrogen-bond donors (Lipinski definition) is 1. The average Bonchev–Trinajstić information content (AvgIpc) is 3.11. The van der Waals surface area contributed by atoms with Gasteiger partial charge < -0.3 is 10.5 Å². The molecule has 4 aromatic rings. The van der Waals surface area contributed by atoms with Crippen molar-refractivity contribution < 1.29 is 9.13 Å². The summed E-state index contributed by atoms with van der Waals surface area (Å²) in [5.74, 6) is 0.169. The summed E-state index contributed by atoms with van der Waals surface area (Å²) in [6.45, 7) is 1.78. The van der Waals surface area contributed by atoms with Crippen LogP contribution >= 0.6 is 11.8 Å². The second-order valence-electron chi connectivity index (χ2n) is 6.49. The number of nitrogens with zero attached hydrogens (tertiary/aromatic N) is 3.